The van der Waals surface area contributed by atoms with Crippen LogP contribution in [0.2, 0.25) is 0 Å². The Morgan fingerprint density at radius 3 is 2.57 bits per heavy atom. The summed E-state index contributed by atoms with van der Waals surface area (Å²) in [6.07, 6.45) is 1.34. The third-order valence-electron chi connectivity index (χ3n) is 6.99. The Morgan fingerprint density at radius 2 is 1.83 bits per heavy atom. The van der Waals surface area contributed by atoms with Crippen molar-refractivity contribution in [2.45, 2.75) is 25.4 Å². The van der Waals surface area contributed by atoms with Gasteiger partial charge in [-0.1, -0.05) is 18.2 Å². The largest absolute Gasteiger partial charge is 0.493 e. The zero-order valence-electron chi connectivity index (χ0n) is 19.9. The molecule has 5 rings (SSSR count). The molecule has 1 unspecified atom stereocenters. The summed E-state index contributed by atoms with van der Waals surface area (Å²) in [6, 6.07) is 10.6. The summed E-state index contributed by atoms with van der Waals surface area (Å²) in [6.45, 7) is 2.23. The molecule has 2 aromatic carbocycles. The Kier molecular flexibility index (Phi) is 6.34. The molecule has 3 aliphatic rings. The molecule has 0 spiro atoms. The van der Waals surface area contributed by atoms with Gasteiger partial charge in [0.05, 0.1) is 31.0 Å². The van der Waals surface area contributed by atoms with E-state index in [0.717, 1.165) is 26.1 Å². The molecule has 1 N–H and O–H groups in total. The topological polar surface area (TPSA) is 97.4 Å². The zero-order valence-corrected chi connectivity index (χ0v) is 19.9. The lowest BCUT2D eigenvalue weighted by atomic mass is 10.0. The number of nitrogens with one attached hydrogen (secondary N) is 1. The number of nitrogens with zero attached hydrogens (tertiary/aromatic N) is 2. The van der Waals surface area contributed by atoms with Crippen LogP contribution in [-0.4, -0.2) is 63.1 Å². The molecule has 0 bridgehead atoms. The maximum absolute atomic E-state index is 13.7. The minimum absolute atomic E-state index is 0.119. The van der Waals surface area contributed by atoms with Crippen molar-refractivity contribution in [1.29, 1.82) is 0 Å². The van der Waals surface area contributed by atoms with Crippen molar-refractivity contribution < 1.29 is 28.6 Å². The fourth-order valence-corrected chi connectivity index (χ4v) is 5.17. The van der Waals surface area contributed by atoms with Crippen LogP contribution in [0.25, 0.3) is 0 Å². The number of hydrogen-bond acceptors (Lipinski definition) is 6. The van der Waals surface area contributed by atoms with Gasteiger partial charge in [0.15, 0.2) is 11.5 Å². The van der Waals surface area contributed by atoms with Crippen LogP contribution in [0.3, 0.4) is 0 Å². The van der Waals surface area contributed by atoms with Crippen molar-refractivity contribution >= 4 is 23.4 Å². The molecule has 0 aliphatic carbocycles. The molecule has 0 saturated carbocycles. The minimum Gasteiger partial charge on any atom is -0.493 e. The van der Waals surface area contributed by atoms with Gasteiger partial charge in [-0.05, 0) is 37.0 Å². The first kappa shape index (κ1) is 23.2. The molecular weight excluding hydrogens is 450 g/mol. The Morgan fingerprint density at radius 1 is 1.06 bits per heavy atom. The maximum Gasteiger partial charge on any atom is 0.264 e. The van der Waals surface area contributed by atoms with Gasteiger partial charge in [-0.3, -0.25) is 19.3 Å². The third-order valence-corrected chi connectivity index (χ3v) is 6.99. The van der Waals surface area contributed by atoms with Crippen molar-refractivity contribution in [3.05, 3.63) is 53.1 Å². The van der Waals surface area contributed by atoms with E-state index in [-0.39, 0.29) is 30.7 Å². The molecule has 35 heavy (non-hydrogen) atoms. The summed E-state index contributed by atoms with van der Waals surface area (Å²) in [7, 11) is 3.00. The first-order chi connectivity index (χ1) is 17.0. The SMILES string of the molecule is COc1ccc2c(c1OC)C(=O)N1c3ccccc3C(=O)N(CCC(=O)NCC3CCOCC3)C21. The highest BCUT2D eigenvalue weighted by atomic mass is 16.5. The van der Waals surface area contributed by atoms with Gasteiger partial charge in [0.25, 0.3) is 11.8 Å². The van der Waals surface area contributed by atoms with Crippen molar-refractivity contribution in [2.75, 3.05) is 45.4 Å². The van der Waals surface area contributed by atoms with Crippen molar-refractivity contribution in [2.24, 2.45) is 5.92 Å². The predicted octanol–water partition coefficient (Wildman–Crippen LogP) is 2.75. The van der Waals surface area contributed by atoms with E-state index in [1.807, 2.05) is 0 Å². The maximum atomic E-state index is 13.7. The van der Waals surface area contributed by atoms with E-state index in [0.29, 0.717) is 46.3 Å². The monoisotopic (exact) mass is 479 g/mol. The van der Waals surface area contributed by atoms with E-state index in [1.165, 1.54) is 14.2 Å². The van der Waals surface area contributed by atoms with Crippen LogP contribution in [0.1, 0.15) is 51.7 Å². The fraction of sp³-hybridized carbons (Fsp3) is 0.423. The number of amides is 3. The molecule has 1 atom stereocenters. The minimum atomic E-state index is -0.664. The summed E-state index contributed by atoms with van der Waals surface area (Å²) in [5, 5.41) is 3.00. The van der Waals surface area contributed by atoms with Crippen LogP contribution in [0.5, 0.6) is 11.5 Å². The summed E-state index contributed by atoms with van der Waals surface area (Å²) in [5.41, 5.74) is 2.00. The van der Waals surface area contributed by atoms with Crippen molar-refractivity contribution in [3.63, 3.8) is 0 Å². The molecule has 3 heterocycles. The molecule has 184 valence electrons. The summed E-state index contributed by atoms with van der Waals surface area (Å²) >= 11 is 0. The van der Waals surface area contributed by atoms with Gasteiger partial charge in [-0.2, -0.15) is 0 Å². The lowest BCUT2D eigenvalue weighted by Gasteiger charge is -2.40. The van der Waals surface area contributed by atoms with E-state index in [4.69, 9.17) is 14.2 Å². The number of methoxy groups -OCH3 is 2. The summed E-state index contributed by atoms with van der Waals surface area (Å²) < 4.78 is 16.3. The highest BCUT2D eigenvalue weighted by Crippen LogP contribution is 2.49. The number of rotatable bonds is 7. The lowest BCUT2D eigenvalue weighted by Crippen LogP contribution is -2.49. The number of carbonyl (C=O) groups excluding carboxylic acids is 3. The highest BCUT2D eigenvalue weighted by Gasteiger charge is 2.49. The van der Waals surface area contributed by atoms with Crippen LogP contribution < -0.4 is 19.7 Å². The van der Waals surface area contributed by atoms with E-state index >= 15 is 0 Å². The third kappa shape index (κ3) is 3.99. The molecule has 1 saturated heterocycles. The normalized spacial score (nSPS) is 19.2. The van der Waals surface area contributed by atoms with Gasteiger partial charge >= 0.3 is 0 Å². The highest BCUT2D eigenvalue weighted by molar-refractivity contribution is 6.18. The first-order valence-corrected chi connectivity index (χ1v) is 11.9. The Hall–Kier alpha value is -3.59. The van der Waals surface area contributed by atoms with Crippen LogP contribution in [0.4, 0.5) is 5.69 Å². The van der Waals surface area contributed by atoms with E-state index in [1.54, 1.807) is 46.2 Å². The predicted molar refractivity (Wildman–Crippen MR) is 128 cm³/mol. The van der Waals surface area contributed by atoms with E-state index in [9.17, 15) is 14.4 Å². The summed E-state index contributed by atoms with van der Waals surface area (Å²) in [4.78, 5) is 43.1. The number of benzene rings is 2. The smallest absolute Gasteiger partial charge is 0.264 e. The number of ether oxygens (including phenoxy) is 3. The van der Waals surface area contributed by atoms with Crippen molar-refractivity contribution in [3.8, 4) is 11.5 Å². The lowest BCUT2D eigenvalue weighted by molar-refractivity contribution is -0.121. The van der Waals surface area contributed by atoms with Crippen LogP contribution in [0.15, 0.2) is 36.4 Å². The molecule has 3 aliphatic heterocycles. The van der Waals surface area contributed by atoms with Gasteiger partial charge in [0.2, 0.25) is 5.91 Å². The molecule has 9 heteroatoms. The standard InChI is InChI=1S/C26H29N3O6/c1-33-20-8-7-18-22(23(20)34-2)26(32)29-19-6-4-3-5-17(19)25(31)28(24(18)29)12-9-21(30)27-15-16-10-13-35-14-11-16/h3-8,16,24H,9-15H2,1-2H3,(H,27,30). The number of para-hydroxylation sites is 1. The number of carbonyl (C=O) groups is 3. The molecule has 3 amide bonds. The van der Waals surface area contributed by atoms with Crippen LogP contribution >= 0.6 is 0 Å². The molecule has 2 aromatic rings. The van der Waals surface area contributed by atoms with Crippen LogP contribution in [0, 0.1) is 5.92 Å². The van der Waals surface area contributed by atoms with Crippen LogP contribution in [-0.2, 0) is 9.53 Å². The average molecular weight is 480 g/mol. The van der Waals surface area contributed by atoms with Gasteiger partial charge in [0.1, 0.15) is 6.17 Å². The number of anilines is 1. The van der Waals surface area contributed by atoms with Crippen molar-refractivity contribution in [1.82, 2.24) is 10.2 Å². The molecular formula is C26H29N3O6. The second-order valence-corrected chi connectivity index (χ2v) is 8.94. The Balaban J connectivity index is 1.43. The molecule has 0 aromatic heterocycles. The van der Waals surface area contributed by atoms with E-state index in [2.05, 4.69) is 5.32 Å². The van der Waals surface area contributed by atoms with Gasteiger partial charge in [-0.15, -0.1) is 0 Å². The molecule has 1 fully saturated rings. The Labute approximate surface area is 203 Å². The summed E-state index contributed by atoms with van der Waals surface area (Å²) in [5.74, 6) is 0.589. The zero-order chi connectivity index (χ0) is 24.5. The number of hydrogen-bond donors (Lipinski definition) is 1. The average Bonchev–Trinajstić information content (AvgIpc) is 3.19. The Bertz CT molecular complexity index is 1160. The second-order valence-electron chi connectivity index (χ2n) is 8.94. The number of fused-ring (bicyclic) bond motifs is 5. The van der Waals surface area contributed by atoms with Gasteiger partial charge in [-0.25, -0.2) is 0 Å². The van der Waals surface area contributed by atoms with Gasteiger partial charge in [0, 0.05) is 38.3 Å². The molecule has 9 nitrogen and oxygen atoms in total. The quantitative estimate of drug-likeness (QED) is 0.656. The van der Waals surface area contributed by atoms with E-state index < -0.39 is 6.17 Å². The van der Waals surface area contributed by atoms with Gasteiger partial charge < -0.3 is 24.4 Å². The second kappa shape index (κ2) is 9.58. The fourth-order valence-electron chi connectivity index (χ4n) is 5.17. The molecule has 0 radical (unpaired) electrons. The first-order valence-electron chi connectivity index (χ1n) is 11.9.